The summed E-state index contributed by atoms with van der Waals surface area (Å²) >= 11 is 0. The largest absolute Gasteiger partial charge is 0.416 e. The lowest BCUT2D eigenvalue weighted by Crippen LogP contribution is -2.20. The molecular formula is C23H15F6N5O2. The van der Waals surface area contributed by atoms with Crippen molar-refractivity contribution in [2.24, 2.45) is 5.73 Å². The van der Waals surface area contributed by atoms with Gasteiger partial charge in [-0.1, -0.05) is 6.07 Å². The highest BCUT2D eigenvalue weighted by Gasteiger charge is 2.37. The van der Waals surface area contributed by atoms with Gasteiger partial charge in [0.1, 0.15) is 11.5 Å². The molecule has 186 valence electrons. The minimum Gasteiger partial charge on any atom is -0.364 e. The normalized spacial score (nSPS) is 11.9. The zero-order chi connectivity index (χ0) is 26.3. The molecule has 0 saturated heterocycles. The van der Waals surface area contributed by atoms with Gasteiger partial charge in [0, 0.05) is 23.0 Å². The van der Waals surface area contributed by atoms with Gasteiger partial charge in [0.15, 0.2) is 0 Å². The standard InChI is InChI=1S/C23H15F6N5O2/c24-22(25,26)13-9-14(23(27,28)29)11-16(10-13)32-21(36)31-15-4-5-18-12(8-15)6-7-34(18)19-3-1-2-17(33-19)20(30)35/h1-11H,(H2,30,35)(H2,31,32,36). The van der Waals surface area contributed by atoms with E-state index in [1.807, 2.05) is 5.32 Å². The van der Waals surface area contributed by atoms with E-state index in [9.17, 15) is 35.9 Å². The number of hydrogen-bond acceptors (Lipinski definition) is 3. The van der Waals surface area contributed by atoms with E-state index in [1.54, 1.807) is 35.0 Å². The number of halogens is 6. The molecule has 36 heavy (non-hydrogen) atoms. The first kappa shape index (κ1) is 24.6. The number of benzene rings is 2. The molecule has 4 rings (SSSR count). The van der Waals surface area contributed by atoms with Gasteiger partial charge >= 0.3 is 18.4 Å². The van der Waals surface area contributed by atoms with Crippen molar-refractivity contribution in [2.75, 3.05) is 10.6 Å². The molecule has 2 heterocycles. The van der Waals surface area contributed by atoms with E-state index in [2.05, 4.69) is 10.3 Å². The van der Waals surface area contributed by atoms with Gasteiger partial charge in [-0.2, -0.15) is 26.3 Å². The van der Waals surface area contributed by atoms with E-state index >= 15 is 0 Å². The molecule has 0 radical (unpaired) electrons. The van der Waals surface area contributed by atoms with Gasteiger partial charge in [-0.05, 0) is 54.6 Å². The molecule has 0 bridgehead atoms. The van der Waals surface area contributed by atoms with Crippen molar-refractivity contribution in [3.63, 3.8) is 0 Å². The summed E-state index contributed by atoms with van der Waals surface area (Å²) in [5.41, 5.74) is 2.41. The zero-order valence-electron chi connectivity index (χ0n) is 17.9. The van der Waals surface area contributed by atoms with Gasteiger partial charge in [-0.15, -0.1) is 0 Å². The molecular weight excluding hydrogens is 492 g/mol. The predicted octanol–water partition coefficient (Wildman–Crippen LogP) is 5.81. The maximum Gasteiger partial charge on any atom is 0.416 e. The Labute approximate surface area is 198 Å². The van der Waals surface area contributed by atoms with Crippen molar-refractivity contribution in [1.82, 2.24) is 9.55 Å². The highest BCUT2D eigenvalue weighted by Crippen LogP contribution is 2.37. The topological polar surface area (TPSA) is 102 Å². The lowest BCUT2D eigenvalue weighted by atomic mass is 10.1. The summed E-state index contributed by atoms with van der Waals surface area (Å²) in [4.78, 5) is 27.9. The molecule has 4 aromatic rings. The third-order valence-corrected chi connectivity index (χ3v) is 5.03. The number of carbonyl (C=O) groups is 2. The number of amides is 3. The van der Waals surface area contributed by atoms with E-state index in [4.69, 9.17) is 5.73 Å². The van der Waals surface area contributed by atoms with Gasteiger partial charge in [0.2, 0.25) is 0 Å². The van der Waals surface area contributed by atoms with Gasteiger partial charge in [0.25, 0.3) is 5.91 Å². The Morgan fingerprint density at radius 1 is 0.806 bits per heavy atom. The zero-order valence-corrected chi connectivity index (χ0v) is 17.9. The Morgan fingerprint density at radius 3 is 2.06 bits per heavy atom. The fraction of sp³-hybridized carbons (Fsp3) is 0.0870. The number of anilines is 2. The second-order valence-corrected chi connectivity index (χ2v) is 7.58. The lowest BCUT2D eigenvalue weighted by Gasteiger charge is -2.15. The third kappa shape index (κ3) is 5.24. The summed E-state index contributed by atoms with van der Waals surface area (Å²) in [7, 11) is 0. The van der Waals surface area contributed by atoms with E-state index < -0.39 is 41.1 Å². The minimum atomic E-state index is -5.04. The van der Waals surface area contributed by atoms with Crippen LogP contribution >= 0.6 is 0 Å². The second kappa shape index (κ2) is 8.91. The Morgan fingerprint density at radius 2 is 1.44 bits per heavy atom. The van der Waals surface area contributed by atoms with Gasteiger partial charge in [-0.3, -0.25) is 4.79 Å². The molecule has 0 spiro atoms. The van der Waals surface area contributed by atoms with Gasteiger partial charge in [0.05, 0.1) is 16.6 Å². The molecule has 0 saturated carbocycles. The van der Waals surface area contributed by atoms with E-state index in [1.165, 1.54) is 18.2 Å². The van der Waals surface area contributed by atoms with Crippen LogP contribution < -0.4 is 16.4 Å². The smallest absolute Gasteiger partial charge is 0.364 e. The van der Waals surface area contributed by atoms with Crippen LogP contribution in [0, 0.1) is 0 Å². The first-order valence-electron chi connectivity index (χ1n) is 10.1. The number of hydrogen-bond donors (Lipinski definition) is 3. The summed E-state index contributed by atoms with van der Waals surface area (Å²) in [6.45, 7) is 0. The summed E-state index contributed by atoms with van der Waals surface area (Å²) in [5.74, 6) is -0.293. The number of rotatable bonds is 4. The first-order chi connectivity index (χ1) is 16.8. The Hall–Kier alpha value is -4.55. The van der Waals surface area contributed by atoms with Crippen molar-refractivity contribution < 1.29 is 35.9 Å². The molecule has 3 amide bonds. The Balaban J connectivity index is 1.56. The van der Waals surface area contributed by atoms with Crippen molar-refractivity contribution in [3.8, 4) is 5.82 Å². The van der Waals surface area contributed by atoms with E-state index in [0.717, 1.165) is 0 Å². The number of aromatic nitrogens is 2. The summed E-state index contributed by atoms with van der Waals surface area (Å²) in [5, 5.41) is 5.00. The Bertz CT molecular complexity index is 1440. The lowest BCUT2D eigenvalue weighted by molar-refractivity contribution is -0.143. The number of primary amides is 1. The van der Waals surface area contributed by atoms with Crippen LogP contribution in [-0.2, 0) is 12.4 Å². The predicted molar refractivity (Wildman–Crippen MR) is 119 cm³/mol. The SMILES string of the molecule is NC(=O)c1cccc(-n2ccc3cc(NC(=O)Nc4cc(C(F)(F)F)cc(C(F)(F)F)c4)ccc32)n1. The second-order valence-electron chi connectivity index (χ2n) is 7.58. The molecule has 0 aliphatic rings. The third-order valence-electron chi connectivity index (χ3n) is 5.03. The van der Waals surface area contributed by atoms with Crippen LogP contribution in [0.2, 0.25) is 0 Å². The maximum atomic E-state index is 13.0. The van der Waals surface area contributed by atoms with Crippen LogP contribution in [0.15, 0.2) is 66.9 Å². The fourth-order valence-electron chi connectivity index (χ4n) is 3.44. The maximum absolute atomic E-state index is 13.0. The molecule has 0 aliphatic carbocycles. The van der Waals surface area contributed by atoms with Crippen molar-refractivity contribution in [3.05, 3.63) is 83.7 Å². The molecule has 0 aliphatic heterocycles. The Kier molecular flexibility index (Phi) is 6.08. The fourth-order valence-corrected chi connectivity index (χ4v) is 3.44. The quantitative estimate of drug-likeness (QED) is 0.304. The van der Waals surface area contributed by atoms with Crippen LogP contribution in [-0.4, -0.2) is 21.5 Å². The highest BCUT2D eigenvalue weighted by atomic mass is 19.4. The number of fused-ring (bicyclic) bond motifs is 1. The average molecular weight is 507 g/mol. The van der Waals surface area contributed by atoms with Crippen LogP contribution in [0.1, 0.15) is 21.6 Å². The van der Waals surface area contributed by atoms with Crippen LogP contribution in [0.3, 0.4) is 0 Å². The molecule has 0 unspecified atom stereocenters. The van der Waals surface area contributed by atoms with Crippen LogP contribution in [0.4, 0.5) is 42.5 Å². The summed E-state index contributed by atoms with van der Waals surface area (Å²) in [6.07, 6.45) is -8.43. The van der Waals surface area contributed by atoms with Crippen LogP contribution in [0.25, 0.3) is 16.7 Å². The van der Waals surface area contributed by atoms with Crippen molar-refractivity contribution in [1.29, 1.82) is 0 Å². The van der Waals surface area contributed by atoms with Gasteiger partial charge < -0.3 is 20.9 Å². The monoisotopic (exact) mass is 507 g/mol. The molecule has 7 nitrogen and oxygen atoms in total. The minimum absolute atomic E-state index is 0.0321. The number of nitrogens with zero attached hydrogens (tertiary/aromatic N) is 2. The summed E-state index contributed by atoms with van der Waals surface area (Å²) in [6, 6.07) is 10.8. The average Bonchev–Trinajstić information content (AvgIpc) is 3.21. The van der Waals surface area contributed by atoms with Crippen LogP contribution in [0.5, 0.6) is 0 Å². The number of nitrogens with one attached hydrogen (secondary N) is 2. The molecule has 0 atom stereocenters. The van der Waals surface area contributed by atoms with Gasteiger partial charge in [-0.25, -0.2) is 9.78 Å². The number of carbonyl (C=O) groups excluding carboxylic acids is 2. The molecule has 4 N–H and O–H groups in total. The number of urea groups is 1. The molecule has 13 heteroatoms. The van der Waals surface area contributed by atoms with Crippen molar-refractivity contribution in [2.45, 2.75) is 12.4 Å². The molecule has 0 fully saturated rings. The number of nitrogens with two attached hydrogens (primary N) is 1. The first-order valence-corrected chi connectivity index (χ1v) is 10.1. The summed E-state index contributed by atoms with van der Waals surface area (Å²) < 4.78 is 79.8. The van der Waals surface area contributed by atoms with E-state index in [-0.39, 0.29) is 17.4 Å². The number of pyridine rings is 1. The molecule has 2 aromatic carbocycles. The molecule has 2 aromatic heterocycles. The van der Waals surface area contributed by atoms with E-state index in [0.29, 0.717) is 28.9 Å². The number of alkyl halides is 6. The van der Waals surface area contributed by atoms with Crippen molar-refractivity contribution >= 4 is 34.2 Å². The highest BCUT2D eigenvalue weighted by molar-refractivity contribution is 6.01.